The first kappa shape index (κ1) is 14.6. The second-order valence-corrected chi connectivity index (χ2v) is 5.69. The van der Waals surface area contributed by atoms with Gasteiger partial charge >= 0.3 is 0 Å². The van der Waals surface area contributed by atoms with Crippen LogP contribution in [0.15, 0.2) is 30.9 Å². The van der Waals surface area contributed by atoms with Crippen molar-refractivity contribution >= 4 is 5.91 Å². The van der Waals surface area contributed by atoms with Gasteiger partial charge in [0.05, 0.1) is 19.3 Å². The predicted molar refractivity (Wildman–Crippen MR) is 79.1 cm³/mol. The normalized spacial score (nSPS) is 21.3. The molecular formula is C15H19N5O2. The van der Waals surface area contributed by atoms with Crippen molar-refractivity contribution in [2.75, 3.05) is 13.1 Å². The summed E-state index contributed by atoms with van der Waals surface area (Å²) in [5.41, 5.74) is 0.643. The van der Waals surface area contributed by atoms with Gasteiger partial charge in [0.25, 0.3) is 5.91 Å². The van der Waals surface area contributed by atoms with Crippen LogP contribution in [0.1, 0.15) is 29.3 Å². The van der Waals surface area contributed by atoms with E-state index in [9.17, 15) is 9.90 Å². The molecule has 1 N–H and O–H groups in total. The first-order valence-corrected chi connectivity index (χ1v) is 7.40. The summed E-state index contributed by atoms with van der Waals surface area (Å²) in [4.78, 5) is 18.4. The van der Waals surface area contributed by atoms with E-state index in [0.29, 0.717) is 31.6 Å². The number of carbonyl (C=O) groups excluding carboxylic acids is 1. The van der Waals surface area contributed by atoms with Gasteiger partial charge in [-0.1, -0.05) is 12.1 Å². The number of aryl methyl sites for hydroxylation is 1. The van der Waals surface area contributed by atoms with Gasteiger partial charge in [0.15, 0.2) is 0 Å². The summed E-state index contributed by atoms with van der Waals surface area (Å²) in [6, 6.07) is 1.75. The van der Waals surface area contributed by atoms with E-state index in [-0.39, 0.29) is 5.91 Å². The summed E-state index contributed by atoms with van der Waals surface area (Å²) in [5.74, 6) is -0.0474. The number of likely N-dealkylation sites (tertiary alicyclic amines) is 1. The lowest BCUT2D eigenvalue weighted by Gasteiger charge is -2.23. The molecule has 0 saturated carbocycles. The maximum atomic E-state index is 12.7. The summed E-state index contributed by atoms with van der Waals surface area (Å²) in [6.07, 6.45) is 7.93. The maximum absolute atomic E-state index is 12.7. The van der Waals surface area contributed by atoms with Crippen molar-refractivity contribution in [3.8, 4) is 0 Å². The maximum Gasteiger partial charge on any atom is 0.254 e. The van der Waals surface area contributed by atoms with E-state index >= 15 is 0 Å². The standard InChI is InChI=1S/C15H19N5O2/c1-2-12-9-16-5-3-13(12)14(21)19-7-4-15(22,10-19)11-20-8-6-17-18-20/h3,5-6,8-9,22H,2,4,7,10-11H2,1H3. The van der Waals surface area contributed by atoms with Crippen molar-refractivity contribution in [1.82, 2.24) is 24.9 Å². The van der Waals surface area contributed by atoms with Crippen LogP contribution < -0.4 is 0 Å². The van der Waals surface area contributed by atoms with Gasteiger partial charge in [-0.3, -0.25) is 9.78 Å². The molecule has 1 fully saturated rings. The van der Waals surface area contributed by atoms with Crippen molar-refractivity contribution in [2.24, 2.45) is 0 Å². The highest BCUT2D eigenvalue weighted by molar-refractivity contribution is 5.95. The molecular weight excluding hydrogens is 282 g/mol. The highest BCUT2D eigenvalue weighted by Crippen LogP contribution is 2.25. The van der Waals surface area contributed by atoms with Crippen LogP contribution in [0.4, 0.5) is 0 Å². The molecule has 0 spiro atoms. The number of rotatable bonds is 4. The van der Waals surface area contributed by atoms with Crippen LogP contribution in [-0.2, 0) is 13.0 Å². The van der Waals surface area contributed by atoms with Crippen LogP contribution in [0.25, 0.3) is 0 Å². The Morgan fingerprint density at radius 3 is 3.05 bits per heavy atom. The zero-order chi connectivity index (χ0) is 15.6. The molecule has 0 aromatic carbocycles. The fourth-order valence-electron chi connectivity index (χ4n) is 2.87. The molecule has 22 heavy (non-hydrogen) atoms. The Labute approximate surface area is 128 Å². The Kier molecular flexibility index (Phi) is 3.89. The molecule has 0 aliphatic carbocycles. The van der Waals surface area contributed by atoms with Gasteiger partial charge in [-0.15, -0.1) is 5.10 Å². The van der Waals surface area contributed by atoms with Crippen LogP contribution >= 0.6 is 0 Å². The Bertz CT molecular complexity index is 658. The molecule has 1 atom stereocenters. The Morgan fingerprint density at radius 1 is 1.45 bits per heavy atom. The molecule has 7 nitrogen and oxygen atoms in total. The number of hydrogen-bond donors (Lipinski definition) is 1. The number of carbonyl (C=O) groups is 1. The van der Waals surface area contributed by atoms with Crippen molar-refractivity contribution < 1.29 is 9.90 Å². The molecule has 7 heteroatoms. The van der Waals surface area contributed by atoms with Crippen LogP contribution in [0.3, 0.4) is 0 Å². The lowest BCUT2D eigenvalue weighted by Crippen LogP contribution is -2.39. The molecule has 0 bridgehead atoms. The summed E-state index contributed by atoms with van der Waals surface area (Å²) < 4.78 is 1.60. The fraction of sp³-hybridized carbons (Fsp3) is 0.467. The number of β-amino-alcohol motifs (C(OH)–C–C–N with tert-alkyl or cyclic N) is 1. The third-order valence-electron chi connectivity index (χ3n) is 4.06. The molecule has 3 rings (SSSR count). The molecule has 0 radical (unpaired) electrons. The number of hydrogen-bond acceptors (Lipinski definition) is 5. The lowest BCUT2D eigenvalue weighted by molar-refractivity contribution is 0.0266. The Hall–Kier alpha value is -2.28. The number of pyridine rings is 1. The molecule has 2 aromatic rings. The summed E-state index contributed by atoms with van der Waals surface area (Å²) >= 11 is 0. The first-order valence-electron chi connectivity index (χ1n) is 7.40. The molecule has 1 amide bonds. The summed E-state index contributed by atoms with van der Waals surface area (Å²) in [7, 11) is 0. The van der Waals surface area contributed by atoms with E-state index in [2.05, 4.69) is 15.3 Å². The van der Waals surface area contributed by atoms with Gasteiger partial charge in [0.1, 0.15) is 5.60 Å². The first-order chi connectivity index (χ1) is 10.6. The average Bonchev–Trinajstić information content (AvgIpc) is 3.16. The van der Waals surface area contributed by atoms with Crippen molar-refractivity contribution in [1.29, 1.82) is 0 Å². The topological polar surface area (TPSA) is 84.1 Å². The van der Waals surface area contributed by atoms with Crippen molar-refractivity contribution in [3.63, 3.8) is 0 Å². The summed E-state index contributed by atoms with van der Waals surface area (Å²) in [6.45, 7) is 3.18. The second-order valence-electron chi connectivity index (χ2n) is 5.69. The van der Waals surface area contributed by atoms with Crippen molar-refractivity contribution in [2.45, 2.75) is 31.9 Å². The minimum atomic E-state index is -0.956. The SMILES string of the molecule is CCc1cnccc1C(=O)N1CCC(O)(Cn2ccnn2)C1. The predicted octanol–water partition coefficient (Wildman–Crippen LogP) is 0.513. The van der Waals surface area contributed by atoms with Crippen molar-refractivity contribution in [3.05, 3.63) is 42.0 Å². The minimum Gasteiger partial charge on any atom is -0.386 e. The average molecular weight is 301 g/mol. The van der Waals surface area contributed by atoms with Gasteiger partial charge in [-0.25, -0.2) is 4.68 Å². The van der Waals surface area contributed by atoms with Gasteiger partial charge in [0.2, 0.25) is 0 Å². The second kappa shape index (κ2) is 5.84. The van der Waals surface area contributed by atoms with Gasteiger partial charge in [0, 0.05) is 30.7 Å². The highest BCUT2D eigenvalue weighted by Gasteiger charge is 2.39. The number of aromatic nitrogens is 4. The number of aliphatic hydroxyl groups is 1. The van der Waals surface area contributed by atoms with Gasteiger partial charge < -0.3 is 10.0 Å². The van der Waals surface area contributed by atoms with Crippen LogP contribution in [0.5, 0.6) is 0 Å². The number of nitrogens with zero attached hydrogens (tertiary/aromatic N) is 5. The van der Waals surface area contributed by atoms with Gasteiger partial charge in [-0.2, -0.15) is 0 Å². The molecule has 3 heterocycles. The van der Waals surface area contributed by atoms with E-state index < -0.39 is 5.60 Å². The quantitative estimate of drug-likeness (QED) is 0.889. The van der Waals surface area contributed by atoms with Crippen LogP contribution in [0, 0.1) is 0 Å². The zero-order valence-corrected chi connectivity index (χ0v) is 12.5. The van der Waals surface area contributed by atoms with E-state index in [4.69, 9.17) is 0 Å². The van der Waals surface area contributed by atoms with E-state index in [0.717, 1.165) is 12.0 Å². The van der Waals surface area contributed by atoms with Gasteiger partial charge in [-0.05, 0) is 24.5 Å². The molecule has 1 aliphatic heterocycles. The molecule has 116 valence electrons. The molecule has 2 aromatic heterocycles. The van der Waals surface area contributed by atoms with E-state index in [1.807, 2.05) is 6.92 Å². The minimum absolute atomic E-state index is 0.0474. The third-order valence-corrected chi connectivity index (χ3v) is 4.06. The third kappa shape index (κ3) is 2.85. The largest absolute Gasteiger partial charge is 0.386 e. The Balaban J connectivity index is 1.73. The number of amides is 1. The van der Waals surface area contributed by atoms with E-state index in [1.165, 1.54) is 0 Å². The summed E-state index contributed by atoms with van der Waals surface area (Å²) in [5, 5.41) is 18.3. The Morgan fingerprint density at radius 2 is 2.32 bits per heavy atom. The monoisotopic (exact) mass is 301 g/mol. The lowest BCUT2D eigenvalue weighted by atomic mass is 10.0. The molecule has 1 aliphatic rings. The molecule has 1 unspecified atom stereocenters. The highest BCUT2D eigenvalue weighted by atomic mass is 16.3. The fourth-order valence-corrected chi connectivity index (χ4v) is 2.87. The molecule has 1 saturated heterocycles. The smallest absolute Gasteiger partial charge is 0.254 e. The zero-order valence-electron chi connectivity index (χ0n) is 12.5. The van der Waals surface area contributed by atoms with Crippen LogP contribution in [-0.4, -0.2) is 54.6 Å². The van der Waals surface area contributed by atoms with E-state index in [1.54, 1.807) is 40.4 Å². The van der Waals surface area contributed by atoms with Crippen LogP contribution in [0.2, 0.25) is 0 Å².